The van der Waals surface area contributed by atoms with Crippen LogP contribution in [0.5, 0.6) is 0 Å². The topological polar surface area (TPSA) is 26.3 Å². The SMILES string of the molecule is COC(=O)c1cccc2c1Cc1cc3c(cc1C2)Cc1ccccc1C3. The minimum Gasteiger partial charge on any atom is -0.465 e. The Morgan fingerprint density at radius 1 is 0.692 bits per heavy atom. The molecule has 128 valence electrons. The second-order valence-electron chi connectivity index (χ2n) is 7.30. The lowest BCUT2D eigenvalue weighted by Crippen LogP contribution is -2.16. The van der Waals surface area contributed by atoms with Crippen LogP contribution in [0.2, 0.25) is 0 Å². The van der Waals surface area contributed by atoms with Crippen molar-refractivity contribution in [1.82, 2.24) is 0 Å². The Morgan fingerprint density at radius 2 is 1.23 bits per heavy atom. The van der Waals surface area contributed by atoms with Crippen molar-refractivity contribution in [3.8, 4) is 0 Å². The van der Waals surface area contributed by atoms with E-state index in [1.54, 1.807) is 0 Å². The summed E-state index contributed by atoms with van der Waals surface area (Å²) in [4.78, 5) is 12.1. The number of fused-ring (bicyclic) bond motifs is 4. The number of hydrogen-bond donors (Lipinski definition) is 0. The van der Waals surface area contributed by atoms with Gasteiger partial charge in [-0.15, -0.1) is 0 Å². The van der Waals surface area contributed by atoms with Crippen LogP contribution in [0.1, 0.15) is 54.9 Å². The number of benzene rings is 3. The summed E-state index contributed by atoms with van der Waals surface area (Å²) in [6.45, 7) is 0. The maximum Gasteiger partial charge on any atom is 0.338 e. The molecular weight excluding hydrogens is 320 g/mol. The van der Waals surface area contributed by atoms with Crippen molar-refractivity contribution in [2.75, 3.05) is 7.11 Å². The Labute approximate surface area is 153 Å². The fourth-order valence-corrected chi connectivity index (χ4v) is 4.47. The third-order valence-corrected chi connectivity index (χ3v) is 5.83. The number of esters is 1. The van der Waals surface area contributed by atoms with Gasteiger partial charge in [0.1, 0.15) is 0 Å². The molecule has 0 saturated carbocycles. The molecule has 0 fully saturated rings. The van der Waals surface area contributed by atoms with Crippen molar-refractivity contribution in [2.45, 2.75) is 25.7 Å². The molecule has 0 bridgehead atoms. The number of ether oxygens (including phenoxy) is 1. The average molecular weight is 340 g/mol. The van der Waals surface area contributed by atoms with Crippen molar-refractivity contribution in [1.29, 1.82) is 0 Å². The van der Waals surface area contributed by atoms with E-state index in [0.29, 0.717) is 5.56 Å². The second-order valence-corrected chi connectivity index (χ2v) is 7.30. The number of rotatable bonds is 1. The third-order valence-electron chi connectivity index (χ3n) is 5.83. The van der Waals surface area contributed by atoms with Gasteiger partial charge in [-0.3, -0.25) is 0 Å². The van der Waals surface area contributed by atoms with Gasteiger partial charge in [0.05, 0.1) is 12.7 Å². The fourth-order valence-electron chi connectivity index (χ4n) is 4.47. The molecule has 3 aromatic carbocycles. The maximum absolute atomic E-state index is 12.1. The minimum atomic E-state index is -0.239. The summed E-state index contributed by atoms with van der Waals surface area (Å²) in [6, 6.07) is 19.5. The monoisotopic (exact) mass is 340 g/mol. The molecule has 0 N–H and O–H groups in total. The predicted molar refractivity (Wildman–Crippen MR) is 102 cm³/mol. The van der Waals surface area contributed by atoms with Gasteiger partial charge < -0.3 is 4.74 Å². The van der Waals surface area contributed by atoms with Crippen molar-refractivity contribution >= 4 is 5.97 Å². The maximum atomic E-state index is 12.1. The van der Waals surface area contributed by atoms with Crippen LogP contribution < -0.4 is 0 Å². The van der Waals surface area contributed by atoms with Crippen LogP contribution in [-0.2, 0) is 30.4 Å². The Bertz CT molecular complexity index is 1050. The van der Waals surface area contributed by atoms with Gasteiger partial charge in [-0.2, -0.15) is 0 Å². The van der Waals surface area contributed by atoms with E-state index in [9.17, 15) is 4.79 Å². The van der Waals surface area contributed by atoms with Crippen LogP contribution in [0, 0.1) is 0 Å². The zero-order valence-corrected chi connectivity index (χ0v) is 14.8. The van der Waals surface area contributed by atoms with Crippen molar-refractivity contribution in [2.24, 2.45) is 0 Å². The first-order valence-corrected chi connectivity index (χ1v) is 9.12. The smallest absolute Gasteiger partial charge is 0.338 e. The summed E-state index contributed by atoms with van der Waals surface area (Å²) < 4.78 is 4.98. The van der Waals surface area contributed by atoms with E-state index in [2.05, 4.69) is 42.5 Å². The van der Waals surface area contributed by atoms with Crippen molar-refractivity contribution in [3.63, 3.8) is 0 Å². The van der Waals surface area contributed by atoms with Gasteiger partial charge in [0, 0.05) is 0 Å². The van der Waals surface area contributed by atoms with E-state index in [1.165, 1.54) is 46.1 Å². The van der Waals surface area contributed by atoms with E-state index in [0.717, 1.165) is 31.2 Å². The van der Waals surface area contributed by atoms with Crippen molar-refractivity contribution < 1.29 is 9.53 Å². The van der Waals surface area contributed by atoms with Gasteiger partial charge in [-0.1, -0.05) is 48.5 Å². The standard InChI is InChI=1S/C24H20O2/c1-26-24(25)22-8-4-7-17-11-20-12-18-9-15-5-2-3-6-16(15)10-19(18)13-21(20)14-23(17)22/h2-8,12-13H,9-11,14H2,1H3. The van der Waals surface area contributed by atoms with E-state index in [-0.39, 0.29) is 5.97 Å². The summed E-state index contributed by atoms with van der Waals surface area (Å²) in [6.07, 6.45) is 3.73. The molecule has 2 aliphatic carbocycles. The first-order valence-electron chi connectivity index (χ1n) is 9.12. The highest BCUT2D eigenvalue weighted by molar-refractivity contribution is 5.91. The molecule has 0 unspecified atom stereocenters. The molecule has 0 amide bonds. The molecule has 2 nitrogen and oxygen atoms in total. The summed E-state index contributed by atoms with van der Waals surface area (Å²) in [5.74, 6) is -0.239. The van der Waals surface area contributed by atoms with Gasteiger partial charge in [0.2, 0.25) is 0 Å². The zero-order chi connectivity index (χ0) is 17.7. The Balaban J connectivity index is 1.57. The average Bonchev–Trinajstić information content (AvgIpc) is 2.68. The molecule has 5 rings (SSSR count). The third kappa shape index (κ3) is 2.37. The lowest BCUT2D eigenvalue weighted by atomic mass is 9.78. The van der Waals surface area contributed by atoms with Gasteiger partial charge in [0.15, 0.2) is 0 Å². The number of hydrogen-bond acceptors (Lipinski definition) is 2. The van der Waals surface area contributed by atoms with Crippen LogP contribution in [0.25, 0.3) is 0 Å². The van der Waals surface area contributed by atoms with Gasteiger partial charge in [-0.25, -0.2) is 4.79 Å². The van der Waals surface area contributed by atoms with Crippen LogP contribution in [0.3, 0.4) is 0 Å². The van der Waals surface area contributed by atoms with Gasteiger partial charge >= 0.3 is 5.97 Å². The fraction of sp³-hybridized carbons (Fsp3) is 0.208. The highest BCUT2D eigenvalue weighted by Gasteiger charge is 2.24. The van der Waals surface area contributed by atoms with Crippen LogP contribution in [-0.4, -0.2) is 13.1 Å². The van der Waals surface area contributed by atoms with Crippen LogP contribution in [0.15, 0.2) is 54.6 Å². The molecule has 0 aromatic heterocycles. The quantitative estimate of drug-likeness (QED) is 0.421. The Kier molecular flexibility index (Phi) is 3.46. The lowest BCUT2D eigenvalue weighted by molar-refractivity contribution is 0.0599. The van der Waals surface area contributed by atoms with E-state index in [1.807, 2.05) is 12.1 Å². The summed E-state index contributed by atoms with van der Waals surface area (Å²) in [5.41, 5.74) is 11.6. The molecule has 26 heavy (non-hydrogen) atoms. The van der Waals surface area contributed by atoms with E-state index in [4.69, 9.17) is 4.74 Å². The van der Waals surface area contributed by atoms with Gasteiger partial charge in [0.25, 0.3) is 0 Å². The number of carbonyl (C=O) groups excluding carboxylic acids is 1. The summed E-state index contributed by atoms with van der Waals surface area (Å²) in [7, 11) is 1.45. The highest BCUT2D eigenvalue weighted by atomic mass is 16.5. The lowest BCUT2D eigenvalue weighted by Gasteiger charge is -2.26. The molecule has 3 aromatic rings. The molecule has 0 heterocycles. The first-order chi connectivity index (χ1) is 12.7. The van der Waals surface area contributed by atoms with E-state index < -0.39 is 0 Å². The largest absolute Gasteiger partial charge is 0.465 e. The zero-order valence-electron chi connectivity index (χ0n) is 14.8. The Hall–Kier alpha value is -2.87. The summed E-state index contributed by atoms with van der Waals surface area (Å²) >= 11 is 0. The van der Waals surface area contributed by atoms with E-state index >= 15 is 0 Å². The molecule has 2 heteroatoms. The van der Waals surface area contributed by atoms with Crippen LogP contribution >= 0.6 is 0 Å². The molecular formula is C24H20O2. The Morgan fingerprint density at radius 3 is 1.85 bits per heavy atom. The minimum absolute atomic E-state index is 0.239. The predicted octanol–water partition coefficient (Wildman–Crippen LogP) is 4.46. The number of methoxy groups -OCH3 is 1. The number of carbonyl (C=O) groups is 1. The molecule has 2 aliphatic rings. The normalized spacial score (nSPS) is 13.9. The highest BCUT2D eigenvalue weighted by Crippen LogP contribution is 2.35. The van der Waals surface area contributed by atoms with Gasteiger partial charge in [-0.05, 0) is 76.3 Å². The van der Waals surface area contributed by atoms with Crippen LogP contribution in [0.4, 0.5) is 0 Å². The molecule has 0 radical (unpaired) electrons. The first kappa shape index (κ1) is 15.4. The summed E-state index contributed by atoms with van der Waals surface area (Å²) in [5, 5.41) is 0. The molecule has 0 saturated heterocycles. The molecule has 0 atom stereocenters. The second kappa shape index (κ2) is 5.84. The molecule has 0 spiro atoms. The van der Waals surface area contributed by atoms with Crippen molar-refractivity contribution in [3.05, 3.63) is 105 Å². The molecule has 0 aliphatic heterocycles.